The van der Waals surface area contributed by atoms with Crippen molar-refractivity contribution in [2.75, 3.05) is 39.3 Å². The van der Waals surface area contributed by atoms with Crippen LogP contribution in [0.15, 0.2) is 29.3 Å². The number of hydrogen-bond donors (Lipinski definition) is 2. The predicted octanol–water partition coefficient (Wildman–Crippen LogP) is 1.45. The normalized spacial score (nSPS) is 20.0. The van der Waals surface area contributed by atoms with Gasteiger partial charge in [-0.15, -0.1) is 0 Å². The molecule has 2 heterocycles. The van der Waals surface area contributed by atoms with Crippen molar-refractivity contribution >= 4 is 12.1 Å². The van der Waals surface area contributed by atoms with Crippen molar-refractivity contribution in [3.05, 3.63) is 30.1 Å². The summed E-state index contributed by atoms with van der Waals surface area (Å²) in [5, 5.41) is 13.3. The first-order valence-corrected chi connectivity index (χ1v) is 9.80. The topological polar surface area (TPSA) is 86.6 Å². The SMILES string of the molecule is CC(C)(C)OC(=O)N1CCN2C(NCC(O)COc3ccc(F)cc3)=NCC2C1. The predicted molar refractivity (Wildman–Crippen MR) is 107 cm³/mol. The van der Waals surface area contributed by atoms with Gasteiger partial charge in [-0.05, 0) is 45.0 Å². The van der Waals surface area contributed by atoms with Crippen LogP contribution in [0.5, 0.6) is 5.75 Å². The number of ether oxygens (including phenoxy) is 2. The van der Waals surface area contributed by atoms with E-state index in [1.54, 1.807) is 4.90 Å². The van der Waals surface area contributed by atoms with Crippen molar-refractivity contribution in [2.24, 2.45) is 4.99 Å². The van der Waals surface area contributed by atoms with E-state index in [1.807, 2.05) is 20.8 Å². The van der Waals surface area contributed by atoms with E-state index >= 15 is 0 Å². The zero-order valence-corrected chi connectivity index (χ0v) is 17.1. The van der Waals surface area contributed by atoms with Gasteiger partial charge in [0.2, 0.25) is 0 Å². The number of amides is 1. The van der Waals surface area contributed by atoms with Gasteiger partial charge in [0.05, 0.1) is 12.6 Å². The molecule has 29 heavy (non-hydrogen) atoms. The van der Waals surface area contributed by atoms with E-state index in [4.69, 9.17) is 9.47 Å². The minimum absolute atomic E-state index is 0.0851. The molecule has 1 aromatic carbocycles. The molecule has 2 aliphatic heterocycles. The van der Waals surface area contributed by atoms with E-state index in [9.17, 15) is 14.3 Å². The van der Waals surface area contributed by atoms with E-state index in [0.717, 1.165) is 5.96 Å². The Morgan fingerprint density at radius 1 is 1.34 bits per heavy atom. The lowest BCUT2D eigenvalue weighted by molar-refractivity contribution is 0.0137. The lowest BCUT2D eigenvalue weighted by Crippen LogP contribution is -2.58. The van der Waals surface area contributed by atoms with Crippen molar-refractivity contribution in [3.8, 4) is 5.75 Å². The highest BCUT2D eigenvalue weighted by molar-refractivity contribution is 5.82. The molecule has 0 bridgehead atoms. The van der Waals surface area contributed by atoms with Crippen LogP contribution in [0.3, 0.4) is 0 Å². The number of fused-ring (bicyclic) bond motifs is 1. The van der Waals surface area contributed by atoms with Gasteiger partial charge in [0.15, 0.2) is 5.96 Å². The number of rotatable bonds is 5. The van der Waals surface area contributed by atoms with Crippen LogP contribution in [0.1, 0.15) is 20.8 Å². The molecule has 1 amide bonds. The number of hydrogen-bond acceptors (Lipinski definition) is 7. The number of halogens is 1. The highest BCUT2D eigenvalue weighted by atomic mass is 19.1. The lowest BCUT2D eigenvalue weighted by atomic mass is 10.2. The molecule has 2 unspecified atom stereocenters. The molecule has 160 valence electrons. The van der Waals surface area contributed by atoms with Crippen LogP contribution in [-0.2, 0) is 4.74 Å². The number of carbonyl (C=O) groups excluding carboxylic acids is 1. The van der Waals surface area contributed by atoms with Crippen molar-refractivity contribution in [2.45, 2.75) is 38.5 Å². The summed E-state index contributed by atoms with van der Waals surface area (Å²) in [4.78, 5) is 20.6. The number of aliphatic hydroxyl groups is 1. The molecule has 3 rings (SSSR count). The van der Waals surface area contributed by atoms with Gasteiger partial charge in [-0.25, -0.2) is 9.18 Å². The minimum atomic E-state index is -0.746. The molecular formula is C20H29FN4O4. The van der Waals surface area contributed by atoms with Gasteiger partial charge in [0.1, 0.15) is 29.9 Å². The molecule has 2 N–H and O–H groups in total. The van der Waals surface area contributed by atoms with Gasteiger partial charge in [-0.3, -0.25) is 4.99 Å². The fourth-order valence-corrected chi connectivity index (χ4v) is 3.21. The Kier molecular flexibility index (Phi) is 6.46. The van der Waals surface area contributed by atoms with Crippen LogP contribution in [-0.4, -0.2) is 84.0 Å². The summed E-state index contributed by atoms with van der Waals surface area (Å²) in [6.45, 7) is 8.28. The number of piperazine rings is 1. The Balaban J connectivity index is 1.41. The van der Waals surface area contributed by atoms with Crippen LogP contribution in [0.4, 0.5) is 9.18 Å². The summed E-state index contributed by atoms with van der Waals surface area (Å²) in [5.41, 5.74) is -0.515. The number of nitrogens with zero attached hydrogens (tertiary/aromatic N) is 3. The molecule has 1 saturated heterocycles. The third kappa shape index (κ3) is 5.96. The molecule has 0 saturated carbocycles. The maximum absolute atomic E-state index is 12.9. The molecule has 0 aliphatic carbocycles. The highest BCUT2D eigenvalue weighted by Crippen LogP contribution is 2.18. The van der Waals surface area contributed by atoms with Crippen LogP contribution in [0.25, 0.3) is 0 Å². The maximum atomic E-state index is 12.9. The second kappa shape index (κ2) is 8.86. The van der Waals surface area contributed by atoms with E-state index < -0.39 is 11.7 Å². The second-order valence-electron chi connectivity index (χ2n) is 8.24. The Morgan fingerprint density at radius 2 is 2.07 bits per heavy atom. The quantitative estimate of drug-likeness (QED) is 0.767. The Morgan fingerprint density at radius 3 is 2.76 bits per heavy atom. The van der Waals surface area contributed by atoms with E-state index in [-0.39, 0.29) is 31.1 Å². The summed E-state index contributed by atoms with van der Waals surface area (Å²) < 4.78 is 23.8. The third-order valence-corrected chi connectivity index (χ3v) is 4.61. The summed E-state index contributed by atoms with van der Waals surface area (Å²) in [7, 11) is 0. The molecule has 0 aromatic heterocycles. The van der Waals surface area contributed by atoms with Gasteiger partial charge in [-0.2, -0.15) is 0 Å². The summed E-state index contributed by atoms with van der Waals surface area (Å²) in [6.07, 6.45) is -1.04. The maximum Gasteiger partial charge on any atom is 0.410 e. The number of guanidine groups is 1. The van der Waals surface area contributed by atoms with Gasteiger partial charge in [-0.1, -0.05) is 0 Å². The van der Waals surface area contributed by atoms with Gasteiger partial charge in [0, 0.05) is 26.2 Å². The third-order valence-electron chi connectivity index (χ3n) is 4.61. The van der Waals surface area contributed by atoms with Crippen LogP contribution in [0.2, 0.25) is 0 Å². The van der Waals surface area contributed by atoms with Crippen molar-refractivity contribution in [1.82, 2.24) is 15.1 Å². The van der Waals surface area contributed by atoms with Gasteiger partial charge >= 0.3 is 6.09 Å². The summed E-state index contributed by atoms with van der Waals surface area (Å²) >= 11 is 0. The molecule has 9 heteroatoms. The van der Waals surface area contributed by atoms with Gasteiger partial charge in [0.25, 0.3) is 0 Å². The smallest absolute Gasteiger partial charge is 0.410 e. The zero-order valence-electron chi connectivity index (χ0n) is 17.1. The lowest BCUT2D eigenvalue weighted by Gasteiger charge is -2.39. The Bertz CT molecular complexity index is 735. The molecule has 1 fully saturated rings. The average molecular weight is 408 g/mol. The van der Waals surface area contributed by atoms with Crippen molar-refractivity contribution in [3.63, 3.8) is 0 Å². The first kappa shape index (κ1) is 21.2. The minimum Gasteiger partial charge on any atom is -0.491 e. The van der Waals surface area contributed by atoms with Crippen molar-refractivity contribution in [1.29, 1.82) is 0 Å². The molecule has 1 aromatic rings. The molecular weight excluding hydrogens is 379 g/mol. The molecule has 2 atom stereocenters. The monoisotopic (exact) mass is 408 g/mol. The largest absolute Gasteiger partial charge is 0.491 e. The number of aliphatic imine (C=N–C) groups is 1. The highest BCUT2D eigenvalue weighted by Gasteiger charge is 2.36. The van der Waals surface area contributed by atoms with E-state index in [2.05, 4.69) is 15.2 Å². The molecule has 8 nitrogen and oxygen atoms in total. The first-order valence-electron chi connectivity index (χ1n) is 9.80. The molecule has 0 spiro atoms. The van der Waals surface area contributed by atoms with Crippen LogP contribution >= 0.6 is 0 Å². The van der Waals surface area contributed by atoms with E-state index in [1.165, 1.54) is 24.3 Å². The van der Waals surface area contributed by atoms with Crippen LogP contribution in [0, 0.1) is 5.82 Å². The Labute approximate surface area is 170 Å². The average Bonchev–Trinajstić information content (AvgIpc) is 3.07. The fourth-order valence-electron chi connectivity index (χ4n) is 3.21. The number of carbonyl (C=O) groups is 1. The van der Waals surface area contributed by atoms with Crippen LogP contribution < -0.4 is 10.1 Å². The zero-order chi connectivity index (χ0) is 21.0. The second-order valence-corrected chi connectivity index (χ2v) is 8.24. The number of aliphatic hydroxyl groups excluding tert-OH is 1. The number of nitrogens with one attached hydrogen (secondary N) is 1. The summed E-state index contributed by atoms with van der Waals surface area (Å²) in [6, 6.07) is 5.76. The first-order chi connectivity index (χ1) is 13.7. The summed E-state index contributed by atoms with van der Waals surface area (Å²) in [5.74, 6) is 0.891. The van der Waals surface area contributed by atoms with Gasteiger partial charge < -0.3 is 29.7 Å². The standard InChI is InChI=1S/C20H29FN4O4/c1-20(2,3)29-19(27)24-8-9-25-15(12-24)10-22-18(25)23-11-16(26)13-28-17-6-4-14(21)5-7-17/h4-7,15-16,26H,8-13H2,1-3H3,(H,22,23). The number of benzene rings is 1. The molecule has 0 radical (unpaired) electrons. The Hall–Kier alpha value is -2.55. The van der Waals surface area contributed by atoms with E-state index in [0.29, 0.717) is 31.9 Å². The van der Waals surface area contributed by atoms with Crippen molar-refractivity contribution < 1.29 is 23.8 Å². The molecule has 2 aliphatic rings. The fraction of sp³-hybridized carbons (Fsp3) is 0.600.